The monoisotopic (exact) mass is 184 g/mol. The summed E-state index contributed by atoms with van der Waals surface area (Å²) in [5.74, 6) is 1.16. The summed E-state index contributed by atoms with van der Waals surface area (Å²) < 4.78 is 0. The van der Waals surface area contributed by atoms with E-state index in [1.807, 2.05) is 0 Å². The fraction of sp³-hybridized carbons (Fsp3) is 0.500. The second-order valence-electron chi connectivity index (χ2n) is 2.43. The number of aromatic nitrogens is 2. The Labute approximate surface area is 76.2 Å². The van der Waals surface area contributed by atoms with Gasteiger partial charge in [0.25, 0.3) is 0 Å². The molecule has 0 unspecified atom stereocenters. The average molecular weight is 184 g/mol. The van der Waals surface area contributed by atoms with E-state index in [1.54, 1.807) is 11.8 Å². The SMILES string of the molecule is CCCCSc1ncc(O)cn1. The summed E-state index contributed by atoms with van der Waals surface area (Å²) in [6, 6.07) is 0. The maximum atomic E-state index is 8.89. The van der Waals surface area contributed by atoms with Gasteiger partial charge in [0.05, 0.1) is 12.4 Å². The fourth-order valence-electron chi connectivity index (χ4n) is 0.692. The van der Waals surface area contributed by atoms with Crippen molar-refractivity contribution in [3.8, 4) is 5.75 Å². The Morgan fingerprint density at radius 3 is 2.67 bits per heavy atom. The predicted octanol–water partition coefficient (Wildman–Crippen LogP) is 2.07. The molecular weight excluding hydrogens is 172 g/mol. The van der Waals surface area contributed by atoms with Crippen LogP contribution < -0.4 is 0 Å². The fourth-order valence-corrected chi connectivity index (χ4v) is 1.56. The van der Waals surface area contributed by atoms with Crippen LogP contribution in [0, 0.1) is 0 Å². The third-order valence-corrected chi connectivity index (χ3v) is 2.31. The number of rotatable bonds is 4. The summed E-state index contributed by atoms with van der Waals surface area (Å²) >= 11 is 1.62. The largest absolute Gasteiger partial charge is 0.505 e. The molecule has 0 aliphatic rings. The van der Waals surface area contributed by atoms with Crippen LogP contribution in [0.3, 0.4) is 0 Å². The van der Waals surface area contributed by atoms with E-state index in [0.29, 0.717) is 0 Å². The highest BCUT2D eigenvalue weighted by Gasteiger charge is 1.95. The molecule has 3 nitrogen and oxygen atoms in total. The van der Waals surface area contributed by atoms with E-state index in [9.17, 15) is 0 Å². The molecule has 0 bridgehead atoms. The average Bonchev–Trinajstić information content (AvgIpc) is 2.09. The molecule has 0 atom stereocenters. The molecule has 0 spiro atoms. The highest BCUT2D eigenvalue weighted by atomic mass is 32.2. The van der Waals surface area contributed by atoms with Crippen LogP contribution in [0.5, 0.6) is 5.75 Å². The van der Waals surface area contributed by atoms with Gasteiger partial charge in [-0.2, -0.15) is 0 Å². The van der Waals surface area contributed by atoms with Crippen LogP contribution in [0.25, 0.3) is 0 Å². The summed E-state index contributed by atoms with van der Waals surface area (Å²) in [4.78, 5) is 7.90. The molecular formula is C8H12N2OS. The minimum Gasteiger partial charge on any atom is -0.505 e. The Bertz CT molecular complexity index is 225. The van der Waals surface area contributed by atoms with E-state index in [1.165, 1.54) is 25.2 Å². The first-order valence-corrected chi connectivity index (χ1v) is 4.95. The Hall–Kier alpha value is -0.770. The van der Waals surface area contributed by atoms with Gasteiger partial charge < -0.3 is 5.11 Å². The first-order valence-electron chi connectivity index (χ1n) is 3.96. The summed E-state index contributed by atoms with van der Waals surface area (Å²) in [5.41, 5.74) is 0. The van der Waals surface area contributed by atoms with Crippen molar-refractivity contribution in [2.45, 2.75) is 24.9 Å². The molecule has 0 amide bonds. The van der Waals surface area contributed by atoms with Gasteiger partial charge in [-0.1, -0.05) is 25.1 Å². The topological polar surface area (TPSA) is 46.0 Å². The van der Waals surface area contributed by atoms with Crippen molar-refractivity contribution in [1.82, 2.24) is 9.97 Å². The van der Waals surface area contributed by atoms with Gasteiger partial charge in [0.1, 0.15) is 0 Å². The highest BCUT2D eigenvalue weighted by molar-refractivity contribution is 7.99. The zero-order valence-corrected chi connectivity index (χ0v) is 7.84. The van der Waals surface area contributed by atoms with Crippen LogP contribution in [-0.4, -0.2) is 20.8 Å². The van der Waals surface area contributed by atoms with Crippen molar-refractivity contribution in [2.24, 2.45) is 0 Å². The van der Waals surface area contributed by atoms with Crippen LogP contribution in [-0.2, 0) is 0 Å². The number of thioether (sulfide) groups is 1. The van der Waals surface area contributed by atoms with Crippen LogP contribution in [0.1, 0.15) is 19.8 Å². The van der Waals surface area contributed by atoms with Crippen LogP contribution in [0.15, 0.2) is 17.6 Å². The van der Waals surface area contributed by atoms with Crippen molar-refractivity contribution in [3.63, 3.8) is 0 Å². The molecule has 0 aliphatic carbocycles. The normalized spacial score (nSPS) is 10.1. The molecule has 1 N–H and O–H groups in total. The second kappa shape index (κ2) is 4.98. The third-order valence-electron chi connectivity index (χ3n) is 1.34. The molecule has 0 saturated carbocycles. The van der Waals surface area contributed by atoms with Crippen molar-refractivity contribution in [3.05, 3.63) is 12.4 Å². The van der Waals surface area contributed by atoms with E-state index in [0.717, 1.165) is 10.9 Å². The molecule has 0 saturated heterocycles. The lowest BCUT2D eigenvalue weighted by atomic mass is 10.4. The molecule has 1 aromatic heterocycles. The predicted molar refractivity (Wildman–Crippen MR) is 49.3 cm³/mol. The van der Waals surface area contributed by atoms with Crippen molar-refractivity contribution in [2.75, 3.05) is 5.75 Å². The van der Waals surface area contributed by atoms with Crippen LogP contribution >= 0.6 is 11.8 Å². The van der Waals surface area contributed by atoms with Gasteiger partial charge in [-0.3, -0.25) is 0 Å². The number of hydrogen-bond acceptors (Lipinski definition) is 4. The molecule has 1 rings (SSSR count). The molecule has 0 fully saturated rings. The van der Waals surface area contributed by atoms with Gasteiger partial charge >= 0.3 is 0 Å². The van der Waals surface area contributed by atoms with E-state index in [4.69, 9.17) is 5.11 Å². The first-order chi connectivity index (χ1) is 5.83. The first kappa shape index (κ1) is 9.32. The lowest BCUT2D eigenvalue weighted by molar-refractivity contribution is 0.467. The zero-order valence-electron chi connectivity index (χ0n) is 7.03. The van der Waals surface area contributed by atoms with Gasteiger partial charge in [0.2, 0.25) is 0 Å². The minimum atomic E-state index is 0.120. The van der Waals surface area contributed by atoms with Crippen molar-refractivity contribution < 1.29 is 5.11 Å². The number of hydrogen-bond donors (Lipinski definition) is 1. The number of aromatic hydroxyl groups is 1. The molecule has 4 heteroatoms. The summed E-state index contributed by atoms with van der Waals surface area (Å²) in [7, 11) is 0. The van der Waals surface area contributed by atoms with Gasteiger partial charge in [0.15, 0.2) is 10.9 Å². The Kier molecular flexibility index (Phi) is 3.87. The number of unbranched alkanes of at least 4 members (excludes halogenated alkanes) is 1. The van der Waals surface area contributed by atoms with E-state index >= 15 is 0 Å². The molecule has 1 heterocycles. The van der Waals surface area contributed by atoms with Crippen LogP contribution in [0.4, 0.5) is 0 Å². The molecule has 0 aliphatic heterocycles. The maximum absolute atomic E-state index is 8.89. The number of nitrogens with zero attached hydrogens (tertiary/aromatic N) is 2. The Morgan fingerprint density at radius 1 is 1.42 bits per heavy atom. The quantitative estimate of drug-likeness (QED) is 0.442. The van der Waals surface area contributed by atoms with Crippen molar-refractivity contribution in [1.29, 1.82) is 0 Å². The third kappa shape index (κ3) is 3.09. The lowest BCUT2D eigenvalue weighted by Gasteiger charge is -1.97. The van der Waals surface area contributed by atoms with Gasteiger partial charge in [-0.25, -0.2) is 9.97 Å². The maximum Gasteiger partial charge on any atom is 0.187 e. The Morgan fingerprint density at radius 2 is 2.08 bits per heavy atom. The summed E-state index contributed by atoms with van der Waals surface area (Å²) in [6.07, 6.45) is 5.20. The minimum absolute atomic E-state index is 0.120. The summed E-state index contributed by atoms with van der Waals surface area (Å²) in [5, 5.41) is 9.63. The second-order valence-corrected chi connectivity index (χ2v) is 3.49. The zero-order chi connectivity index (χ0) is 8.81. The molecule has 1 aromatic rings. The highest BCUT2D eigenvalue weighted by Crippen LogP contribution is 2.15. The van der Waals surface area contributed by atoms with Gasteiger partial charge in [-0.05, 0) is 6.42 Å². The van der Waals surface area contributed by atoms with Crippen LogP contribution in [0.2, 0.25) is 0 Å². The molecule has 0 aromatic carbocycles. The van der Waals surface area contributed by atoms with E-state index < -0.39 is 0 Å². The summed E-state index contributed by atoms with van der Waals surface area (Å²) in [6.45, 7) is 2.15. The Balaban J connectivity index is 2.37. The molecule has 0 radical (unpaired) electrons. The molecule has 66 valence electrons. The lowest BCUT2D eigenvalue weighted by Crippen LogP contribution is -1.86. The van der Waals surface area contributed by atoms with Gasteiger partial charge in [-0.15, -0.1) is 0 Å². The van der Waals surface area contributed by atoms with Gasteiger partial charge in [0, 0.05) is 5.75 Å². The van der Waals surface area contributed by atoms with E-state index in [-0.39, 0.29) is 5.75 Å². The van der Waals surface area contributed by atoms with E-state index in [2.05, 4.69) is 16.9 Å². The van der Waals surface area contributed by atoms with Crippen molar-refractivity contribution >= 4 is 11.8 Å². The standard InChI is InChI=1S/C8H12N2OS/c1-2-3-4-12-8-9-5-7(11)6-10-8/h5-6,11H,2-4H2,1H3. The smallest absolute Gasteiger partial charge is 0.187 e. The molecule has 12 heavy (non-hydrogen) atoms.